The van der Waals surface area contributed by atoms with Crippen molar-refractivity contribution in [1.82, 2.24) is 4.57 Å². The molecule has 3 nitrogen and oxygen atoms in total. The second-order valence-electron chi connectivity index (χ2n) is 5.12. The van der Waals surface area contributed by atoms with Crippen LogP contribution in [0.4, 0.5) is 5.69 Å². The van der Waals surface area contributed by atoms with Crippen LogP contribution in [0.1, 0.15) is 11.3 Å². The highest BCUT2D eigenvalue weighted by atomic mass is 79.9. The molecule has 0 spiro atoms. The lowest BCUT2D eigenvalue weighted by molar-refractivity contribution is 0.414. The largest absolute Gasteiger partial charge is 0.497 e. The summed E-state index contributed by atoms with van der Waals surface area (Å²) in [5.41, 5.74) is 10.2. The number of halogens is 1. The lowest BCUT2D eigenvalue weighted by Crippen LogP contribution is -2.03. The average molecular weight is 345 g/mol. The Labute approximate surface area is 132 Å². The molecule has 0 saturated carbocycles. The summed E-state index contributed by atoms with van der Waals surface area (Å²) >= 11 is 3.69. The van der Waals surface area contributed by atoms with Gasteiger partial charge in [0.05, 0.1) is 7.11 Å². The van der Waals surface area contributed by atoms with E-state index in [1.54, 1.807) is 7.11 Å². The minimum atomic E-state index is 0.720. The van der Waals surface area contributed by atoms with Gasteiger partial charge in [-0.25, -0.2) is 0 Å². The van der Waals surface area contributed by atoms with Gasteiger partial charge in [0.15, 0.2) is 0 Å². The van der Waals surface area contributed by atoms with Crippen molar-refractivity contribution in [2.24, 2.45) is 0 Å². The van der Waals surface area contributed by atoms with E-state index in [4.69, 9.17) is 10.5 Å². The molecule has 0 saturated heterocycles. The first-order valence-electron chi connectivity index (χ1n) is 6.77. The molecule has 0 fully saturated rings. The van der Waals surface area contributed by atoms with Crippen LogP contribution in [0, 0.1) is 6.92 Å². The number of benzene rings is 2. The number of methoxy groups -OCH3 is 1. The molecule has 0 aliphatic rings. The van der Waals surface area contributed by atoms with Crippen LogP contribution < -0.4 is 10.5 Å². The lowest BCUT2D eigenvalue weighted by atomic mass is 10.2. The molecule has 0 aliphatic heterocycles. The number of nitrogens with two attached hydrogens (primary N) is 1. The molecule has 4 heteroatoms. The summed E-state index contributed by atoms with van der Waals surface area (Å²) in [6, 6.07) is 14.2. The molecule has 1 aromatic heterocycles. The fourth-order valence-electron chi connectivity index (χ4n) is 2.67. The minimum Gasteiger partial charge on any atom is -0.497 e. The van der Waals surface area contributed by atoms with Gasteiger partial charge in [-0.1, -0.05) is 18.2 Å². The third kappa shape index (κ3) is 2.51. The third-order valence-electron chi connectivity index (χ3n) is 3.72. The van der Waals surface area contributed by atoms with Crippen molar-refractivity contribution in [3.63, 3.8) is 0 Å². The van der Waals surface area contributed by atoms with Gasteiger partial charge in [-0.3, -0.25) is 0 Å². The van der Waals surface area contributed by atoms with Crippen molar-refractivity contribution < 1.29 is 4.74 Å². The van der Waals surface area contributed by atoms with E-state index in [2.05, 4.69) is 51.7 Å². The summed E-state index contributed by atoms with van der Waals surface area (Å²) in [6.45, 7) is 2.88. The number of hydrogen-bond donors (Lipinski definition) is 1. The second kappa shape index (κ2) is 5.45. The van der Waals surface area contributed by atoms with Gasteiger partial charge < -0.3 is 15.0 Å². The number of anilines is 1. The van der Waals surface area contributed by atoms with Crippen molar-refractivity contribution in [3.05, 3.63) is 58.2 Å². The number of para-hydroxylation sites is 1. The van der Waals surface area contributed by atoms with E-state index in [0.29, 0.717) is 0 Å². The summed E-state index contributed by atoms with van der Waals surface area (Å²) in [5, 5.41) is 1.23. The summed E-state index contributed by atoms with van der Waals surface area (Å²) in [6.07, 6.45) is 0. The monoisotopic (exact) mass is 344 g/mol. The van der Waals surface area contributed by atoms with Crippen molar-refractivity contribution in [1.29, 1.82) is 0 Å². The third-order valence-corrected chi connectivity index (χ3v) is 4.72. The number of nitrogen functional groups attached to an aromatic ring is 1. The van der Waals surface area contributed by atoms with Crippen LogP contribution in [0.3, 0.4) is 0 Å². The number of hydrogen-bond acceptors (Lipinski definition) is 2. The first-order chi connectivity index (χ1) is 10.1. The summed E-state index contributed by atoms with van der Waals surface area (Å²) in [5.74, 6) is 0.790. The standard InChI is InChI=1S/C17H17BrN2O/c1-11-17(18)15-5-3-4-6-16(15)20(11)10-12-7-13(19)9-14(8-12)21-2/h3-9H,10,19H2,1-2H3. The number of aromatic nitrogens is 1. The van der Waals surface area contributed by atoms with Crippen LogP contribution in [-0.2, 0) is 6.54 Å². The molecule has 0 unspecified atom stereocenters. The smallest absolute Gasteiger partial charge is 0.121 e. The van der Waals surface area contributed by atoms with E-state index < -0.39 is 0 Å². The summed E-state index contributed by atoms with van der Waals surface area (Å²) in [4.78, 5) is 0. The molecule has 21 heavy (non-hydrogen) atoms. The van der Waals surface area contributed by atoms with Gasteiger partial charge in [-0.2, -0.15) is 0 Å². The van der Waals surface area contributed by atoms with E-state index >= 15 is 0 Å². The van der Waals surface area contributed by atoms with Gasteiger partial charge in [0.1, 0.15) is 5.75 Å². The Kier molecular flexibility index (Phi) is 3.64. The van der Waals surface area contributed by atoms with E-state index in [9.17, 15) is 0 Å². The van der Waals surface area contributed by atoms with E-state index in [1.165, 1.54) is 16.6 Å². The molecule has 108 valence electrons. The SMILES string of the molecule is COc1cc(N)cc(Cn2c(C)c(Br)c3ccccc32)c1. The number of nitrogens with zero attached hydrogens (tertiary/aromatic N) is 1. The Bertz CT molecular complexity index is 808. The minimum absolute atomic E-state index is 0.720. The lowest BCUT2D eigenvalue weighted by Gasteiger charge is -2.11. The van der Waals surface area contributed by atoms with Gasteiger partial charge >= 0.3 is 0 Å². The molecule has 0 amide bonds. The van der Waals surface area contributed by atoms with Crippen LogP contribution in [-0.4, -0.2) is 11.7 Å². The maximum atomic E-state index is 5.95. The Morgan fingerprint density at radius 1 is 1.19 bits per heavy atom. The average Bonchev–Trinajstić information content (AvgIpc) is 2.72. The van der Waals surface area contributed by atoms with E-state index in [1.807, 2.05) is 18.2 Å². The first-order valence-corrected chi connectivity index (χ1v) is 7.56. The summed E-state index contributed by atoms with van der Waals surface area (Å²) < 4.78 is 8.73. The highest BCUT2D eigenvalue weighted by molar-refractivity contribution is 9.10. The number of fused-ring (bicyclic) bond motifs is 1. The Morgan fingerprint density at radius 3 is 2.71 bits per heavy atom. The normalized spacial score (nSPS) is 11.0. The van der Waals surface area contributed by atoms with Gasteiger partial charge in [-0.15, -0.1) is 0 Å². The van der Waals surface area contributed by atoms with E-state index in [0.717, 1.165) is 28.0 Å². The topological polar surface area (TPSA) is 40.2 Å². The molecular weight excluding hydrogens is 328 g/mol. The zero-order valence-electron chi connectivity index (χ0n) is 12.1. The molecule has 2 N–H and O–H groups in total. The van der Waals surface area contributed by atoms with Gasteiger partial charge in [0.25, 0.3) is 0 Å². The van der Waals surface area contributed by atoms with Gasteiger partial charge in [0, 0.05) is 39.4 Å². The van der Waals surface area contributed by atoms with Crippen LogP contribution in [0.25, 0.3) is 10.9 Å². The molecule has 2 aromatic carbocycles. The molecule has 0 aliphatic carbocycles. The van der Waals surface area contributed by atoms with Crippen LogP contribution in [0.5, 0.6) is 5.75 Å². The number of rotatable bonds is 3. The van der Waals surface area contributed by atoms with Crippen molar-refractivity contribution >= 4 is 32.5 Å². The summed E-state index contributed by atoms with van der Waals surface area (Å²) in [7, 11) is 1.66. The van der Waals surface area contributed by atoms with Crippen LogP contribution >= 0.6 is 15.9 Å². The maximum absolute atomic E-state index is 5.95. The zero-order chi connectivity index (χ0) is 15.0. The van der Waals surface area contributed by atoms with E-state index in [-0.39, 0.29) is 0 Å². The van der Waals surface area contributed by atoms with Crippen molar-refractivity contribution in [2.75, 3.05) is 12.8 Å². The molecule has 3 rings (SSSR count). The molecule has 0 atom stereocenters. The van der Waals surface area contributed by atoms with Crippen LogP contribution in [0.2, 0.25) is 0 Å². The maximum Gasteiger partial charge on any atom is 0.121 e. The predicted molar refractivity (Wildman–Crippen MR) is 90.9 cm³/mol. The predicted octanol–water partition coefficient (Wildman–Crippen LogP) is 4.35. The van der Waals surface area contributed by atoms with Crippen molar-refractivity contribution in [2.45, 2.75) is 13.5 Å². The Hall–Kier alpha value is -1.94. The van der Waals surface area contributed by atoms with Gasteiger partial charge in [-0.05, 0) is 46.6 Å². The fourth-order valence-corrected chi connectivity index (χ4v) is 3.22. The molecule has 0 bridgehead atoms. The fraction of sp³-hybridized carbons (Fsp3) is 0.176. The Balaban J connectivity index is 2.10. The Morgan fingerprint density at radius 2 is 1.95 bits per heavy atom. The molecule has 1 heterocycles. The second-order valence-corrected chi connectivity index (χ2v) is 5.91. The quantitative estimate of drug-likeness (QED) is 0.717. The number of ether oxygens (including phenoxy) is 1. The highest BCUT2D eigenvalue weighted by Crippen LogP contribution is 2.31. The molecule has 3 aromatic rings. The zero-order valence-corrected chi connectivity index (χ0v) is 13.6. The van der Waals surface area contributed by atoms with Crippen LogP contribution in [0.15, 0.2) is 46.9 Å². The highest BCUT2D eigenvalue weighted by Gasteiger charge is 2.12. The molecule has 0 radical (unpaired) electrons. The first kappa shape index (κ1) is 14.0. The van der Waals surface area contributed by atoms with Gasteiger partial charge in [0.2, 0.25) is 0 Å². The van der Waals surface area contributed by atoms with Crippen molar-refractivity contribution in [3.8, 4) is 5.75 Å². The molecular formula is C17H17BrN2O.